The fourth-order valence-electron chi connectivity index (χ4n) is 6.12. The van der Waals surface area contributed by atoms with E-state index in [9.17, 15) is 34.0 Å². The molecule has 5 rings (SSSR count). The molecule has 312 valence electrons. The molecule has 1 aliphatic heterocycles. The Morgan fingerprint density at radius 1 is 1.25 bits per heavy atom. The average Bonchev–Trinajstić information content (AvgIpc) is 3.82. The molecule has 1 saturated heterocycles. The van der Waals surface area contributed by atoms with Crippen LogP contribution in [0.3, 0.4) is 0 Å². The predicted octanol–water partition coefficient (Wildman–Crippen LogP) is 4.15. The van der Waals surface area contributed by atoms with Crippen molar-refractivity contribution >= 4 is 53.2 Å². The Morgan fingerprint density at radius 2 is 2.00 bits per heavy atom. The maximum absolute atomic E-state index is 14.4. The van der Waals surface area contributed by atoms with Gasteiger partial charge in [-0.15, -0.1) is 9.42 Å². The van der Waals surface area contributed by atoms with Crippen molar-refractivity contribution in [3.05, 3.63) is 35.3 Å². The van der Waals surface area contributed by atoms with Gasteiger partial charge in [0.2, 0.25) is 11.9 Å². The first kappa shape index (κ1) is 44.5. The van der Waals surface area contributed by atoms with Gasteiger partial charge in [0.15, 0.2) is 31.8 Å². The zero-order valence-corrected chi connectivity index (χ0v) is 35.5. The number of ether oxygens (including phenoxy) is 1. The van der Waals surface area contributed by atoms with Crippen LogP contribution in [0.5, 0.6) is 0 Å². The van der Waals surface area contributed by atoms with Crippen LogP contribution in [0.4, 0.5) is 11.8 Å². The molecule has 1 saturated carbocycles. The molecule has 3 aromatic heterocycles. The number of phosphoric ester groups is 1. The maximum atomic E-state index is 14.4. The van der Waals surface area contributed by atoms with Gasteiger partial charge in [-0.05, 0) is 37.0 Å². The van der Waals surface area contributed by atoms with E-state index in [4.69, 9.17) is 27.3 Å². The summed E-state index contributed by atoms with van der Waals surface area (Å²) in [6, 6.07) is 3.39. The molecule has 3 unspecified atom stereocenters. The van der Waals surface area contributed by atoms with Crippen molar-refractivity contribution in [2.75, 3.05) is 30.5 Å². The number of H-pyrrole nitrogens is 1. The quantitative estimate of drug-likeness (QED) is 0.0682. The van der Waals surface area contributed by atoms with Crippen molar-refractivity contribution in [1.82, 2.24) is 29.5 Å². The molecule has 2 fully saturated rings. The smallest absolute Gasteiger partial charge is 0.408 e. The number of aromatic nitrogens is 6. The number of imidazole rings is 1. The number of aromatic amines is 1. The second-order valence-electron chi connectivity index (χ2n) is 15.6. The maximum Gasteiger partial charge on any atom is 0.695 e. The van der Waals surface area contributed by atoms with Gasteiger partial charge >= 0.3 is 16.1 Å². The molecule has 57 heavy (non-hydrogen) atoms. The minimum Gasteiger partial charge on any atom is -0.408 e. The van der Waals surface area contributed by atoms with Crippen LogP contribution in [0.15, 0.2) is 29.7 Å². The number of amides is 1. The molecule has 9 atom stereocenters. The SMILES string of the molecule is CC(C)C(=O)Nc1nc2c(ncn2[C@@H]2O[C@H](COP(=O)(OCCC#N)O[C@H]3C[C@H](Nc4ccncn4)C[C@@H]3CO)C(O[Si](C)(C)C(C)(C)C)[C@H]2O[P+](=O)O)c(=O)[nH]1. The number of hydrogen-bond acceptors (Lipinski definition) is 17. The molecule has 24 heteroatoms. The van der Waals surface area contributed by atoms with E-state index < -0.39 is 84.9 Å². The first-order valence-corrected chi connectivity index (χ1v) is 23.9. The number of aliphatic hydroxyl groups is 1. The second kappa shape index (κ2) is 18.6. The number of anilines is 2. The van der Waals surface area contributed by atoms with Gasteiger partial charge in [0.25, 0.3) is 5.56 Å². The molecule has 21 nitrogen and oxygen atoms in total. The van der Waals surface area contributed by atoms with Gasteiger partial charge in [0, 0.05) is 35.2 Å². The number of carbonyl (C=O) groups excluding carboxylic acids is 1. The van der Waals surface area contributed by atoms with Crippen LogP contribution in [-0.2, 0) is 41.2 Å². The number of nitriles is 1. The number of carbonyl (C=O) groups is 1. The fraction of sp³-hybridized carbons (Fsp3) is 0.667. The van der Waals surface area contributed by atoms with Crippen LogP contribution in [0.25, 0.3) is 11.2 Å². The van der Waals surface area contributed by atoms with Gasteiger partial charge in [0.05, 0.1) is 38.1 Å². The number of nitrogens with zero attached hydrogens (tertiary/aromatic N) is 6. The number of nitrogens with one attached hydrogen (secondary N) is 3. The van der Waals surface area contributed by atoms with Gasteiger partial charge in [-0.1, -0.05) is 34.6 Å². The largest absolute Gasteiger partial charge is 0.695 e. The van der Waals surface area contributed by atoms with Crippen molar-refractivity contribution in [2.24, 2.45) is 11.8 Å². The van der Waals surface area contributed by atoms with Gasteiger partial charge in [-0.3, -0.25) is 38.0 Å². The van der Waals surface area contributed by atoms with E-state index in [2.05, 4.69) is 35.6 Å². The highest BCUT2D eigenvalue weighted by Crippen LogP contribution is 2.54. The Bertz CT molecular complexity index is 2030. The molecule has 0 radical (unpaired) electrons. The number of phosphoric acid groups is 1. The molecule has 0 aromatic carbocycles. The number of fused-ring (bicyclic) bond motifs is 1. The molecule has 0 spiro atoms. The molecule has 2 aliphatic rings. The zero-order valence-electron chi connectivity index (χ0n) is 32.7. The van der Waals surface area contributed by atoms with Gasteiger partial charge in [-0.2, -0.15) is 10.2 Å². The lowest BCUT2D eigenvalue weighted by molar-refractivity contribution is -0.118. The molecular formula is C33H50N9O12P2Si+. The Kier molecular flexibility index (Phi) is 14.5. The zero-order chi connectivity index (χ0) is 41.7. The number of aliphatic hydroxyl groups excluding tert-OH is 1. The standard InChI is InChI=1S/C33H49N9O12P2Si/c1-19(2)29(44)40-32-39-28-25(30(45)41-32)37-18-42(28)31-27(52-55(46)47)26(54-57(6,7)33(3,4)5)23(51-31)16-50-56(48,49-12-8-10-34)53-22-14-21(13-20(22)15-43)38-24-9-11-35-17-36-24/h9,11,17-23,26-27,31,43H,8,12-16H2,1-7H3,(H3-,35,36,38,39,40,41,44,45,46,47)/p+1/t20-,21-,22+,23-,26?,27-,31-,56?/m1/s1. The molecule has 5 N–H and O–H groups in total. The van der Waals surface area contributed by atoms with Crippen LogP contribution in [0.1, 0.15) is 60.1 Å². The van der Waals surface area contributed by atoms with Crippen LogP contribution < -0.4 is 16.2 Å². The average molecular weight is 855 g/mol. The molecular weight excluding hydrogens is 804 g/mol. The van der Waals surface area contributed by atoms with E-state index in [0.717, 1.165) is 0 Å². The van der Waals surface area contributed by atoms with E-state index >= 15 is 0 Å². The first-order chi connectivity index (χ1) is 26.8. The van der Waals surface area contributed by atoms with E-state index in [1.54, 1.807) is 26.1 Å². The summed E-state index contributed by atoms with van der Waals surface area (Å²) < 4.78 is 64.6. The normalized spacial score (nSPS) is 25.4. The highest BCUT2D eigenvalue weighted by molar-refractivity contribution is 7.48. The molecule has 1 amide bonds. The lowest BCUT2D eigenvalue weighted by atomic mass is 10.1. The second-order valence-corrected chi connectivity index (χ2v) is 22.6. The van der Waals surface area contributed by atoms with E-state index in [-0.39, 0.29) is 47.8 Å². The summed E-state index contributed by atoms with van der Waals surface area (Å²) in [5.41, 5.74) is -0.848. The summed E-state index contributed by atoms with van der Waals surface area (Å²) in [5.74, 6) is -0.928. The summed E-state index contributed by atoms with van der Waals surface area (Å²) in [4.78, 5) is 54.8. The van der Waals surface area contributed by atoms with Gasteiger partial charge in [0.1, 0.15) is 24.4 Å². The van der Waals surface area contributed by atoms with Gasteiger partial charge < -0.3 is 19.6 Å². The van der Waals surface area contributed by atoms with Crippen LogP contribution in [0, 0.1) is 23.2 Å². The van der Waals surface area contributed by atoms with Crippen molar-refractivity contribution in [2.45, 2.75) is 109 Å². The van der Waals surface area contributed by atoms with E-state index in [1.165, 1.54) is 17.2 Å². The topological polar surface area (TPSA) is 284 Å². The highest BCUT2D eigenvalue weighted by atomic mass is 31.2. The number of hydrogen-bond donors (Lipinski definition) is 5. The van der Waals surface area contributed by atoms with E-state index in [0.29, 0.717) is 18.7 Å². The minimum absolute atomic E-state index is 0.0486. The summed E-state index contributed by atoms with van der Waals surface area (Å²) in [7, 11) is -10.5. The third kappa shape index (κ3) is 10.9. The Labute approximate surface area is 330 Å². The molecule has 4 heterocycles. The summed E-state index contributed by atoms with van der Waals surface area (Å²) in [6.45, 7) is 12.1. The van der Waals surface area contributed by atoms with Crippen molar-refractivity contribution in [3.63, 3.8) is 0 Å². The van der Waals surface area contributed by atoms with Crippen molar-refractivity contribution < 1.29 is 51.2 Å². The summed E-state index contributed by atoms with van der Waals surface area (Å²) in [5, 5.41) is 24.9. The van der Waals surface area contributed by atoms with Crippen LogP contribution >= 0.6 is 16.1 Å². The third-order valence-electron chi connectivity index (χ3n) is 10.1. The predicted molar refractivity (Wildman–Crippen MR) is 206 cm³/mol. The Balaban J connectivity index is 1.48. The Hall–Kier alpha value is -3.58. The lowest BCUT2D eigenvalue weighted by Crippen LogP contribution is -2.50. The molecule has 0 bridgehead atoms. The van der Waals surface area contributed by atoms with E-state index in [1.807, 2.05) is 39.9 Å². The third-order valence-corrected chi connectivity index (χ3v) is 16.5. The molecule has 1 aliphatic carbocycles. The minimum atomic E-state index is -4.53. The lowest BCUT2D eigenvalue weighted by Gasteiger charge is -2.39. The molecule has 3 aromatic rings. The number of rotatable bonds is 18. The van der Waals surface area contributed by atoms with Crippen LogP contribution in [-0.4, -0.2) is 104 Å². The Morgan fingerprint density at radius 3 is 2.63 bits per heavy atom. The van der Waals surface area contributed by atoms with Crippen LogP contribution in [0.2, 0.25) is 18.1 Å². The summed E-state index contributed by atoms with van der Waals surface area (Å²) in [6.07, 6.45) is -1.00. The summed E-state index contributed by atoms with van der Waals surface area (Å²) >= 11 is 0. The van der Waals surface area contributed by atoms with Crippen molar-refractivity contribution in [1.29, 1.82) is 5.26 Å². The van der Waals surface area contributed by atoms with Crippen molar-refractivity contribution in [3.8, 4) is 6.07 Å². The highest BCUT2D eigenvalue weighted by Gasteiger charge is 2.56. The van der Waals surface area contributed by atoms with Gasteiger partial charge in [-0.25, -0.2) is 19.5 Å². The fourth-order valence-corrected chi connectivity index (χ4v) is 9.30. The first-order valence-electron chi connectivity index (χ1n) is 18.4. The monoisotopic (exact) mass is 854 g/mol.